The standard InChI is InChI=1S/C18H20FNO/c1-20-11-10-18(21-16-9-5-8-15(19)12-16)17(13-20)14-6-3-2-4-7-14/h2-9,12,17-18H,10-11,13H2,1H3/t17-,18-/m1/s1. The Labute approximate surface area is 125 Å². The summed E-state index contributed by atoms with van der Waals surface area (Å²) in [6, 6.07) is 16.8. The number of likely N-dealkylation sites (tertiary alicyclic amines) is 1. The maximum atomic E-state index is 13.3. The molecule has 3 rings (SSSR count). The van der Waals surface area contributed by atoms with Crippen LogP contribution in [0.25, 0.3) is 0 Å². The van der Waals surface area contributed by atoms with Gasteiger partial charge in [0.25, 0.3) is 0 Å². The van der Waals surface area contributed by atoms with Gasteiger partial charge in [0.1, 0.15) is 17.7 Å². The van der Waals surface area contributed by atoms with Gasteiger partial charge in [0, 0.05) is 25.1 Å². The van der Waals surface area contributed by atoms with E-state index in [0.29, 0.717) is 11.7 Å². The van der Waals surface area contributed by atoms with Gasteiger partial charge < -0.3 is 9.64 Å². The first-order valence-electron chi connectivity index (χ1n) is 7.38. The van der Waals surface area contributed by atoms with E-state index in [0.717, 1.165) is 19.5 Å². The van der Waals surface area contributed by atoms with Gasteiger partial charge in [0.2, 0.25) is 0 Å². The molecule has 2 aromatic carbocycles. The SMILES string of the molecule is CN1CC[C@@H](Oc2cccc(F)c2)[C@@H](c2ccccc2)C1. The van der Waals surface area contributed by atoms with Crippen molar-refractivity contribution in [3.8, 4) is 5.75 Å². The molecule has 0 unspecified atom stereocenters. The number of hydrogen-bond donors (Lipinski definition) is 0. The largest absolute Gasteiger partial charge is 0.490 e. The van der Waals surface area contributed by atoms with Crippen molar-refractivity contribution in [2.24, 2.45) is 0 Å². The van der Waals surface area contributed by atoms with E-state index in [1.165, 1.54) is 17.7 Å². The second-order valence-electron chi connectivity index (χ2n) is 5.68. The highest BCUT2D eigenvalue weighted by Gasteiger charge is 2.30. The van der Waals surface area contributed by atoms with Crippen molar-refractivity contribution in [3.63, 3.8) is 0 Å². The third-order valence-corrected chi connectivity index (χ3v) is 4.06. The molecule has 0 N–H and O–H groups in total. The molecule has 3 heteroatoms. The first-order chi connectivity index (χ1) is 10.2. The lowest BCUT2D eigenvalue weighted by Crippen LogP contribution is -2.42. The molecule has 0 aromatic heterocycles. The third-order valence-electron chi connectivity index (χ3n) is 4.06. The number of halogens is 1. The lowest BCUT2D eigenvalue weighted by Gasteiger charge is -2.37. The van der Waals surface area contributed by atoms with Crippen LogP contribution in [0.2, 0.25) is 0 Å². The van der Waals surface area contributed by atoms with E-state index in [9.17, 15) is 4.39 Å². The van der Waals surface area contributed by atoms with Crippen molar-refractivity contribution in [1.82, 2.24) is 4.90 Å². The van der Waals surface area contributed by atoms with Crippen LogP contribution in [0.1, 0.15) is 17.9 Å². The molecule has 0 saturated carbocycles. The number of piperidine rings is 1. The van der Waals surface area contributed by atoms with E-state index in [2.05, 4.69) is 36.2 Å². The zero-order chi connectivity index (χ0) is 14.7. The summed E-state index contributed by atoms with van der Waals surface area (Å²) in [6.07, 6.45) is 1.04. The van der Waals surface area contributed by atoms with Gasteiger partial charge in [-0.05, 0) is 31.2 Å². The monoisotopic (exact) mass is 285 g/mol. The van der Waals surface area contributed by atoms with Crippen LogP contribution in [-0.2, 0) is 0 Å². The summed E-state index contributed by atoms with van der Waals surface area (Å²) in [5, 5.41) is 0. The van der Waals surface area contributed by atoms with Crippen molar-refractivity contribution in [1.29, 1.82) is 0 Å². The molecule has 1 fully saturated rings. The van der Waals surface area contributed by atoms with Crippen LogP contribution in [0.3, 0.4) is 0 Å². The van der Waals surface area contributed by atoms with Gasteiger partial charge in [-0.25, -0.2) is 4.39 Å². The van der Waals surface area contributed by atoms with Gasteiger partial charge in [0.05, 0.1) is 0 Å². The lowest BCUT2D eigenvalue weighted by atomic mass is 9.88. The maximum absolute atomic E-state index is 13.3. The van der Waals surface area contributed by atoms with Gasteiger partial charge in [-0.1, -0.05) is 36.4 Å². The van der Waals surface area contributed by atoms with Crippen LogP contribution in [0.4, 0.5) is 4.39 Å². The fraction of sp³-hybridized carbons (Fsp3) is 0.333. The van der Waals surface area contributed by atoms with Crippen molar-refractivity contribution in [3.05, 3.63) is 66.0 Å². The summed E-state index contributed by atoms with van der Waals surface area (Å²) in [5.41, 5.74) is 1.28. The van der Waals surface area contributed by atoms with Gasteiger partial charge in [0.15, 0.2) is 0 Å². The molecule has 110 valence electrons. The molecule has 1 heterocycles. The smallest absolute Gasteiger partial charge is 0.126 e. The fourth-order valence-electron chi connectivity index (χ4n) is 2.97. The maximum Gasteiger partial charge on any atom is 0.126 e. The molecule has 0 amide bonds. The number of hydrogen-bond acceptors (Lipinski definition) is 2. The Bertz CT molecular complexity index is 587. The highest BCUT2D eigenvalue weighted by atomic mass is 19.1. The topological polar surface area (TPSA) is 12.5 Å². The molecular weight excluding hydrogens is 265 g/mol. The molecule has 2 nitrogen and oxygen atoms in total. The average molecular weight is 285 g/mol. The van der Waals surface area contributed by atoms with Crippen LogP contribution in [0.5, 0.6) is 5.75 Å². The zero-order valence-electron chi connectivity index (χ0n) is 12.2. The average Bonchev–Trinajstić information content (AvgIpc) is 2.50. The third kappa shape index (κ3) is 3.42. The molecule has 0 spiro atoms. The molecule has 1 aliphatic heterocycles. The molecule has 2 atom stereocenters. The van der Waals surface area contributed by atoms with Crippen molar-refractivity contribution in [2.75, 3.05) is 20.1 Å². The first kappa shape index (κ1) is 14.1. The summed E-state index contributed by atoms with van der Waals surface area (Å²) in [4.78, 5) is 2.32. The quantitative estimate of drug-likeness (QED) is 0.852. The van der Waals surface area contributed by atoms with Gasteiger partial charge in [-0.2, -0.15) is 0 Å². The number of nitrogens with zero attached hydrogens (tertiary/aromatic N) is 1. The number of ether oxygens (including phenoxy) is 1. The van der Waals surface area contributed by atoms with Crippen LogP contribution in [0.15, 0.2) is 54.6 Å². The first-order valence-corrected chi connectivity index (χ1v) is 7.38. The molecule has 1 saturated heterocycles. The second kappa shape index (κ2) is 6.27. The summed E-state index contributed by atoms with van der Waals surface area (Å²) in [5.74, 6) is 0.676. The zero-order valence-corrected chi connectivity index (χ0v) is 12.2. The Morgan fingerprint density at radius 1 is 1.10 bits per heavy atom. The van der Waals surface area contributed by atoms with E-state index in [1.807, 2.05) is 12.1 Å². The predicted molar refractivity (Wildman–Crippen MR) is 82.1 cm³/mol. The number of rotatable bonds is 3. The van der Waals surface area contributed by atoms with Crippen molar-refractivity contribution in [2.45, 2.75) is 18.4 Å². The summed E-state index contributed by atoms with van der Waals surface area (Å²) >= 11 is 0. The minimum atomic E-state index is -0.253. The van der Waals surface area contributed by atoms with Crippen molar-refractivity contribution < 1.29 is 9.13 Å². The highest BCUT2D eigenvalue weighted by Crippen LogP contribution is 2.30. The molecule has 2 aromatic rings. The van der Waals surface area contributed by atoms with E-state index in [-0.39, 0.29) is 11.9 Å². The highest BCUT2D eigenvalue weighted by molar-refractivity contribution is 5.26. The molecular formula is C18H20FNO. The van der Waals surface area contributed by atoms with Gasteiger partial charge >= 0.3 is 0 Å². The van der Waals surface area contributed by atoms with E-state index in [1.54, 1.807) is 6.07 Å². The van der Waals surface area contributed by atoms with E-state index >= 15 is 0 Å². The molecule has 21 heavy (non-hydrogen) atoms. The molecule has 1 aliphatic rings. The minimum absolute atomic E-state index is 0.0883. The fourth-order valence-corrected chi connectivity index (χ4v) is 2.97. The Morgan fingerprint density at radius 2 is 1.90 bits per heavy atom. The second-order valence-corrected chi connectivity index (χ2v) is 5.68. The van der Waals surface area contributed by atoms with Crippen LogP contribution < -0.4 is 4.74 Å². The molecule has 0 radical (unpaired) electrons. The lowest BCUT2D eigenvalue weighted by molar-refractivity contribution is 0.0899. The Hall–Kier alpha value is -1.87. The summed E-state index contributed by atoms with van der Waals surface area (Å²) in [6.45, 7) is 1.97. The van der Waals surface area contributed by atoms with E-state index < -0.39 is 0 Å². The Morgan fingerprint density at radius 3 is 2.67 bits per heavy atom. The van der Waals surface area contributed by atoms with Gasteiger partial charge in [-0.3, -0.25) is 0 Å². The Kier molecular flexibility index (Phi) is 4.20. The Balaban J connectivity index is 1.81. The molecule has 0 aliphatic carbocycles. The molecule has 0 bridgehead atoms. The summed E-state index contributed by atoms with van der Waals surface area (Å²) < 4.78 is 19.4. The summed E-state index contributed by atoms with van der Waals surface area (Å²) in [7, 11) is 2.13. The van der Waals surface area contributed by atoms with E-state index in [4.69, 9.17) is 4.74 Å². The van der Waals surface area contributed by atoms with Crippen molar-refractivity contribution >= 4 is 0 Å². The van der Waals surface area contributed by atoms with Crippen LogP contribution in [-0.4, -0.2) is 31.1 Å². The normalized spacial score (nSPS) is 23.0. The van der Waals surface area contributed by atoms with Gasteiger partial charge in [-0.15, -0.1) is 0 Å². The van der Waals surface area contributed by atoms with Crippen LogP contribution in [0, 0.1) is 5.82 Å². The number of benzene rings is 2. The van der Waals surface area contributed by atoms with Crippen LogP contribution >= 0.6 is 0 Å². The number of likely N-dealkylation sites (N-methyl/N-ethyl adjacent to an activating group) is 1. The predicted octanol–water partition coefficient (Wildman–Crippen LogP) is 3.69. The minimum Gasteiger partial charge on any atom is -0.490 e.